The Morgan fingerprint density at radius 3 is 2.81 bits per heavy atom. The van der Waals surface area contributed by atoms with Gasteiger partial charge in [-0.05, 0) is 43.2 Å². The molecule has 0 aromatic carbocycles. The van der Waals surface area contributed by atoms with Crippen LogP contribution in [0.1, 0.15) is 48.3 Å². The number of hydrazone groups is 1. The number of nitrogens with zero attached hydrogens (tertiary/aromatic N) is 7. The Morgan fingerprint density at radius 2 is 2.15 bits per heavy atom. The van der Waals surface area contributed by atoms with Crippen LogP contribution in [0.2, 0.25) is 0 Å². The molecule has 0 saturated heterocycles. The van der Waals surface area contributed by atoms with Gasteiger partial charge in [0.2, 0.25) is 11.6 Å². The third-order valence-corrected chi connectivity index (χ3v) is 4.24. The van der Waals surface area contributed by atoms with Gasteiger partial charge in [-0.25, -0.2) is 10.1 Å². The number of carbonyl (C=O) groups excluding carboxylic acids is 1. The average Bonchev–Trinajstić information content (AvgIpc) is 3.21. The number of rotatable bonds is 6. The first-order chi connectivity index (χ1) is 12.6. The number of amides is 1. The van der Waals surface area contributed by atoms with Crippen LogP contribution in [-0.2, 0) is 6.54 Å². The minimum atomic E-state index is -0.435. The molecule has 0 aliphatic heterocycles. The van der Waals surface area contributed by atoms with Gasteiger partial charge < -0.3 is 10.6 Å². The van der Waals surface area contributed by atoms with Crippen molar-refractivity contribution >= 4 is 17.9 Å². The molecule has 3 N–H and O–H groups in total. The lowest BCUT2D eigenvalue weighted by Crippen LogP contribution is -2.23. The lowest BCUT2D eigenvalue weighted by Gasteiger charge is -2.16. The van der Waals surface area contributed by atoms with Crippen molar-refractivity contribution in [3.63, 3.8) is 0 Å². The van der Waals surface area contributed by atoms with Crippen molar-refractivity contribution in [2.45, 2.75) is 38.6 Å². The highest BCUT2D eigenvalue weighted by Gasteiger charge is 2.24. The van der Waals surface area contributed by atoms with Crippen LogP contribution in [0.15, 0.2) is 9.73 Å². The standard InChI is InChI=1S/C15H23N9O2/c1-23(2)9-11-12(18-22-24(11)14-13(16)20-26-21-14)15(25)19-17-8-10-6-4-3-5-7-10/h8,10H,3-7,9H2,1-2H3,(H2,16,20)(H,19,25)/b17-8-. The van der Waals surface area contributed by atoms with Gasteiger partial charge in [-0.15, -0.1) is 5.10 Å². The molecule has 1 aliphatic carbocycles. The van der Waals surface area contributed by atoms with E-state index in [2.05, 4.69) is 35.8 Å². The Hall–Kier alpha value is -2.82. The van der Waals surface area contributed by atoms with Gasteiger partial charge in [0.15, 0.2) is 5.69 Å². The summed E-state index contributed by atoms with van der Waals surface area (Å²) in [6, 6.07) is 0. The van der Waals surface area contributed by atoms with Crippen LogP contribution < -0.4 is 11.2 Å². The van der Waals surface area contributed by atoms with E-state index in [9.17, 15) is 4.79 Å². The summed E-state index contributed by atoms with van der Waals surface area (Å²) in [6.45, 7) is 0.397. The summed E-state index contributed by atoms with van der Waals surface area (Å²) in [7, 11) is 3.73. The van der Waals surface area contributed by atoms with Crippen molar-refractivity contribution in [3.05, 3.63) is 11.4 Å². The summed E-state index contributed by atoms with van der Waals surface area (Å²) in [5.41, 5.74) is 8.94. The van der Waals surface area contributed by atoms with Gasteiger partial charge in [0, 0.05) is 12.8 Å². The zero-order valence-corrected chi connectivity index (χ0v) is 14.9. The predicted molar refractivity (Wildman–Crippen MR) is 93.6 cm³/mol. The van der Waals surface area contributed by atoms with E-state index in [0.29, 0.717) is 18.2 Å². The van der Waals surface area contributed by atoms with Crippen LogP contribution in [0.4, 0.5) is 5.82 Å². The zero-order chi connectivity index (χ0) is 18.5. The highest BCUT2D eigenvalue weighted by Crippen LogP contribution is 2.21. The number of anilines is 1. The largest absolute Gasteiger partial charge is 0.378 e. The maximum absolute atomic E-state index is 12.5. The number of nitrogens with two attached hydrogens (primary N) is 1. The SMILES string of the molecule is CN(C)Cc1c(C(=O)N/N=C\C2CCCCC2)nnn1-c1nonc1N. The second kappa shape index (κ2) is 8.04. The molecule has 1 amide bonds. The first-order valence-corrected chi connectivity index (χ1v) is 8.57. The van der Waals surface area contributed by atoms with Crippen molar-refractivity contribution in [3.8, 4) is 5.82 Å². The van der Waals surface area contributed by atoms with Crippen molar-refractivity contribution in [2.75, 3.05) is 19.8 Å². The van der Waals surface area contributed by atoms with Crippen molar-refractivity contribution in [1.29, 1.82) is 0 Å². The van der Waals surface area contributed by atoms with E-state index in [1.165, 1.54) is 23.9 Å². The Morgan fingerprint density at radius 1 is 1.38 bits per heavy atom. The van der Waals surface area contributed by atoms with Crippen LogP contribution in [0, 0.1) is 5.92 Å². The second-order valence-corrected chi connectivity index (χ2v) is 6.62. The molecule has 2 aromatic heterocycles. The summed E-state index contributed by atoms with van der Waals surface area (Å²) >= 11 is 0. The first-order valence-electron chi connectivity index (χ1n) is 8.57. The fraction of sp³-hybridized carbons (Fsp3) is 0.600. The maximum Gasteiger partial charge on any atom is 0.293 e. The Labute approximate surface area is 150 Å². The van der Waals surface area contributed by atoms with Gasteiger partial charge in [0.25, 0.3) is 5.91 Å². The molecule has 2 aromatic rings. The van der Waals surface area contributed by atoms with Crippen LogP contribution in [0.25, 0.3) is 5.82 Å². The van der Waals surface area contributed by atoms with Crippen LogP contribution in [0.3, 0.4) is 0 Å². The number of nitrogens with one attached hydrogen (secondary N) is 1. The summed E-state index contributed by atoms with van der Waals surface area (Å²) in [6.07, 6.45) is 7.72. The van der Waals surface area contributed by atoms with E-state index in [0.717, 1.165) is 12.8 Å². The third kappa shape index (κ3) is 4.04. The van der Waals surface area contributed by atoms with Crippen molar-refractivity contribution < 1.29 is 9.42 Å². The molecule has 1 fully saturated rings. The molecule has 0 unspecified atom stereocenters. The summed E-state index contributed by atoms with van der Waals surface area (Å²) in [5.74, 6) is 0.244. The van der Waals surface area contributed by atoms with E-state index in [1.54, 1.807) is 0 Å². The number of carbonyl (C=O) groups is 1. The third-order valence-electron chi connectivity index (χ3n) is 4.24. The first kappa shape index (κ1) is 18.0. The molecule has 2 heterocycles. The fourth-order valence-electron chi connectivity index (χ4n) is 2.96. The minimum Gasteiger partial charge on any atom is -0.378 e. The van der Waals surface area contributed by atoms with E-state index < -0.39 is 5.91 Å². The Kier molecular flexibility index (Phi) is 5.56. The number of hydrogen-bond acceptors (Lipinski definition) is 9. The van der Waals surface area contributed by atoms with Gasteiger partial charge in [-0.2, -0.15) is 9.78 Å². The van der Waals surface area contributed by atoms with Crippen LogP contribution in [-0.4, -0.2) is 56.4 Å². The molecule has 11 heteroatoms. The lowest BCUT2D eigenvalue weighted by atomic mass is 9.90. The van der Waals surface area contributed by atoms with Crippen molar-refractivity contribution in [2.24, 2.45) is 11.0 Å². The maximum atomic E-state index is 12.5. The second-order valence-electron chi connectivity index (χ2n) is 6.62. The smallest absolute Gasteiger partial charge is 0.293 e. The van der Waals surface area contributed by atoms with Gasteiger partial charge in [0.1, 0.15) is 0 Å². The molecule has 1 saturated carbocycles. The molecule has 0 bridgehead atoms. The van der Waals surface area contributed by atoms with Gasteiger partial charge in [0.05, 0.1) is 5.69 Å². The minimum absolute atomic E-state index is 0.0668. The molecule has 0 atom stereocenters. The molecule has 0 spiro atoms. The monoisotopic (exact) mass is 361 g/mol. The van der Waals surface area contributed by atoms with Crippen LogP contribution >= 0.6 is 0 Å². The number of nitrogen functional groups attached to an aromatic ring is 1. The molecule has 3 rings (SSSR count). The molecular formula is C15H23N9O2. The van der Waals surface area contributed by atoms with E-state index >= 15 is 0 Å². The molecule has 0 radical (unpaired) electrons. The Bertz CT molecular complexity index is 774. The van der Waals surface area contributed by atoms with Gasteiger partial charge in [-0.1, -0.05) is 24.5 Å². The van der Waals surface area contributed by atoms with E-state index in [-0.39, 0.29) is 17.3 Å². The van der Waals surface area contributed by atoms with Crippen LogP contribution in [0.5, 0.6) is 0 Å². The van der Waals surface area contributed by atoms with Gasteiger partial charge in [-0.3, -0.25) is 4.79 Å². The highest BCUT2D eigenvalue weighted by atomic mass is 16.6. The predicted octanol–water partition coefficient (Wildman–Crippen LogP) is 0.590. The average molecular weight is 361 g/mol. The molecule has 140 valence electrons. The number of hydrogen-bond donors (Lipinski definition) is 2. The molecule has 1 aliphatic rings. The molecule has 11 nitrogen and oxygen atoms in total. The van der Waals surface area contributed by atoms with E-state index in [1.807, 2.05) is 25.2 Å². The fourth-order valence-corrected chi connectivity index (χ4v) is 2.96. The van der Waals surface area contributed by atoms with Crippen molar-refractivity contribution in [1.82, 2.24) is 35.6 Å². The quantitative estimate of drug-likeness (QED) is 0.562. The summed E-state index contributed by atoms with van der Waals surface area (Å²) in [5, 5.41) is 19.3. The van der Waals surface area contributed by atoms with E-state index in [4.69, 9.17) is 5.73 Å². The summed E-state index contributed by atoms with van der Waals surface area (Å²) in [4.78, 5) is 14.4. The topological polar surface area (TPSA) is 140 Å². The Balaban J connectivity index is 1.77. The van der Waals surface area contributed by atoms with Gasteiger partial charge >= 0.3 is 0 Å². The number of aromatic nitrogens is 5. The lowest BCUT2D eigenvalue weighted by molar-refractivity contribution is 0.0948. The summed E-state index contributed by atoms with van der Waals surface area (Å²) < 4.78 is 5.96. The normalized spacial score (nSPS) is 15.8. The molecule has 26 heavy (non-hydrogen) atoms. The zero-order valence-electron chi connectivity index (χ0n) is 14.9. The highest BCUT2D eigenvalue weighted by molar-refractivity contribution is 5.93. The molecular weight excluding hydrogens is 338 g/mol.